The van der Waals surface area contributed by atoms with Gasteiger partial charge in [0, 0.05) is 6.42 Å². The van der Waals surface area contributed by atoms with Crippen LogP contribution in [0.4, 0.5) is 0 Å². The largest absolute Gasteiger partial charge is 0.394 e. The summed E-state index contributed by atoms with van der Waals surface area (Å²) in [6.07, 6.45) is 62.2. The summed E-state index contributed by atoms with van der Waals surface area (Å²) in [4.78, 5) is 12.5. The third-order valence-electron chi connectivity index (χ3n) is 12.9. The van der Waals surface area contributed by atoms with Crippen LogP contribution in [-0.4, -0.2) is 34.9 Å². The van der Waals surface area contributed by atoms with Crippen molar-refractivity contribution in [3.8, 4) is 0 Å². The van der Waals surface area contributed by atoms with Gasteiger partial charge in [-0.2, -0.15) is 0 Å². The third-order valence-corrected chi connectivity index (χ3v) is 12.9. The number of unbranched alkanes of at least 4 members (excludes halogenated alkanes) is 43. The topological polar surface area (TPSA) is 69.6 Å². The highest BCUT2D eigenvalue weighted by Gasteiger charge is 2.20. The van der Waals surface area contributed by atoms with Crippen LogP contribution in [0, 0.1) is 0 Å². The SMILES string of the molecule is CCCCCCCCCCCCCCCCCCCCCCCCCC(=O)NC(CO)C(O)CCCCCCCCCCCCCCCCCCCCCCCC. The van der Waals surface area contributed by atoms with E-state index >= 15 is 0 Å². The van der Waals surface area contributed by atoms with Crippen molar-refractivity contribution in [1.29, 1.82) is 0 Å². The summed E-state index contributed by atoms with van der Waals surface area (Å²) in [6.45, 7) is 4.40. The Hall–Kier alpha value is -0.610. The molecule has 0 bridgehead atoms. The van der Waals surface area contributed by atoms with Gasteiger partial charge < -0.3 is 15.5 Å². The Labute approximate surface area is 359 Å². The molecule has 2 atom stereocenters. The van der Waals surface area contributed by atoms with Crippen LogP contribution in [0.5, 0.6) is 0 Å². The first-order chi connectivity index (χ1) is 28.2. The van der Waals surface area contributed by atoms with Crippen molar-refractivity contribution < 1.29 is 15.0 Å². The molecule has 0 aliphatic carbocycles. The van der Waals surface area contributed by atoms with Gasteiger partial charge in [-0.3, -0.25) is 4.79 Å². The van der Waals surface area contributed by atoms with E-state index < -0.39 is 12.1 Å². The van der Waals surface area contributed by atoms with E-state index in [1.165, 1.54) is 263 Å². The number of carbonyl (C=O) groups is 1. The zero-order chi connectivity index (χ0) is 41.4. The predicted molar refractivity (Wildman–Crippen MR) is 253 cm³/mol. The number of nitrogens with one attached hydrogen (secondary N) is 1. The molecule has 1 amide bonds. The van der Waals surface area contributed by atoms with E-state index in [-0.39, 0.29) is 12.5 Å². The molecule has 2 unspecified atom stereocenters. The summed E-state index contributed by atoms with van der Waals surface area (Å²) in [6, 6.07) is -0.531. The number of hydrogen-bond acceptors (Lipinski definition) is 3. The van der Waals surface area contributed by atoms with E-state index in [4.69, 9.17) is 0 Å². The molecule has 0 spiro atoms. The van der Waals surface area contributed by atoms with Crippen LogP contribution < -0.4 is 5.32 Å². The zero-order valence-corrected chi connectivity index (χ0v) is 39.4. The van der Waals surface area contributed by atoms with Gasteiger partial charge in [0.05, 0.1) is 18.8 Å². The van der Waals surface area contributed by atoms with Gasteiger partial charge in [0.1, 0.15) is 0 Å². The van der Waals surface area contributed by atoms with Gasteiger partial charge in [-0.05, 0) is 12.8 Å². The second kappa shape index (κ2) is 49.8. The van der Waals surface area contributed by atoms with Crippen LogP contribution >= 0.6 is 0 Å². The summed E-state index contributed by atoms with van der Waals surface area (Å²) < 4.78 is 0. The standard InChI is InChI=1S/C53H107NO3/c1-3-5-7-9-11-13-15-17-19-21-23-25-27-29-31-33-35-37-39-41-43-45-47-49-53(57)54-51(50-55)52(56)48-46-44-42-40-38-36-34-32-30-28-26-24-22-20-18-16-14-12-10-8-6-4-2/h51-52,55-56H,3-50H2,1-2H3,(H,54,57). The first kappa shape index (κ1) is 56.4. The van der Waals surface area contributed by atoms with Gasteiger partial charge >= 0.3 is 0 Å². The normalized spacial score (nSPS) is 12.7. The van der Waals surface area contributed by atoms with Crippen LogP contribution in [0.2, 0.25) is 0 Å². The van der Waals surface area contributed by atoms with Crippen molar-refractivity contribution in [2.24, 2.45) is 0 Å². The molecule has 0 rings (SSSR count). The molecular weight excluding hydrogens is 699 g/mol. The van der Waals surface area contributed by atoms with Gasteiger partial charge in [0.15, 0.2) is 0 Å². The predicted octanol–water partition coefficient (Wildman–Crippen LogP) is 17.2. The Bertz CT molecular complexity index is 744. The molecule has 0 radical (unpaired) electrons. The molecule has 0 aromatic heterocycles. The maximum Gasteiger partial charge on any atom is 0.220 e. The fourth-order valence-electron chi connectivity index (χ4n) is 8.78. The molecule has 0 saturated carbocycles. The van der Waals surface area contributed by atoms with Crippen molar-refractivity contribution >= 4 is 5.91 Å². The summed E-state index contributed by atoms with van der Waals surface area (Å²) in [5.41, 5.74) is 0. The van der Waals surface area contributed by atoms with E-state index in [0.29, 0.717) is 12.8 Å². The molecule has 3 N–H and O–H groups in total. The summed E-state index contributed by atoms with van der Waals surface area (Å²) in [7, 11) is 0. The van der Waals surface area contributed by atoms with E-state index in [9.17, 15) is 15.0 Å². The fourth-order valence-corrected chi connectivity index (χ4v) is 8.78. The lowest BCUT2D eigenvalue weighted by Gasteiger charge is -2.22. The smallest absolute Gasteiger partial charge is 0.220 e. The van der Waals surface area contributed by atoms with E-state index in [1.54, 1.807) is 0 Å². The maximum absolute atomic E-state index is 12.5. The Balaban J connectivity index is 3.41. The quantitative estimate of drug-likeness (QED) is 0.0536. The zero-order valence-electron chi connectivity index (χ0n) is 39.4. The molecule has 57 heavy (non-hydrogen) atoms. The molecule has 0 aliphatic rings. The minimum Gasteiger partial charge on any atom is -0.394 e. The molecule has 0 aliphatic heterocycles. The molecule has 4 nitrogen and oxygen atoms in total. The van der Waals surface area contributed by atoms with Crippen molar-refractivity contribution in [2.45, 2.75) is 328 Å². The third kappa shape index (κ3) is 46.3. The van der Waals surface area contributed by atoms with E-state index in [0.717, 1.165) is 25.7 Å². The second-order valence-corrected chi connectivity index (χ2v) is 18.7. The highest BCUT2D eigenvalue weighted by Crippen LogP contribution is 2.18. The average Bonchev–Trinajstić information content (AvgIpc) is 3.22. The molecule has 4 heteroatoms. The summed E-state index contributed by atoms with van der Waals surface area (Å²) in [5, 5.41) is 23.3. The van der Waals surface area contributed by atoms with Crippen molar-refractivity contribution in [2.75, 3.05) is 6.61 Å². The van der Waals surface area contributed by atoms with Crippen LogP contribution in [0.25, 0.3) is 0 Å². The molecule has 0 fully saturated rings. The first-order valence-corrected chi connectivity index (χ1v) is 26.7. The van der Waals surface area contributed by atoms with Gasteiger partial charge in [-0.15, -0.1) is 0 Å². The Kier molecular flexibility index (Phi) is 49.2. The van der Waals surface area contributed by atoms with Crippen molar-refractivity contribution in [1.82, 2.24) is 5.32 Å². The van der Waals surface area contributed by atoms with E-state index in [1.807, 2.05) is 0 Å². The highest BCUT2D eigenvalue weighted by atomic mass is 16.3. The summed E-state index contributed by atoms with van der Waals surface area (Å²) >= 11 is 0. The van der Waals surface area contributed by atoms with Crippen LogP contribution in [0.3, 0.4) is 0 Å². The molecule has 342 valence electrons. The first-order valence-electron chi connectivity index (χ1n) is 26.7. The lowest BCUT2D eigenvalue weighted by molar-refractivity contribution is -0.123. The number of amides is 1. The van der Waals surface area contributed by atoms with Gasteiger partial charge in [-0.25, -0.2) is 0 Å². The van der Waals surface area contributed by atoms with Gasteiger partial charge in [0.2, 0.25) is 5.91 Å². The second-order valence-electron chi connectivity index (χ2n) is 18.7. The van der Waals surface area contributed by atoms with Gasteiger partial charge in [-0.1, -0.05) is 296 Å². The maximum atomic E-state index is 12.5. The lowest BCUT2D eigenvalue weighted by Crippen LogP contribution is -2.45. The number of rotatable bonds is 50. The Morgan fingerprint density at radius 3 is 0.789 bits per heavy atom. The number of hydrogen-bond donors (Lipinski definition) is 3. The summed E-state index contributed by atoms with van der Waals surface area (Å²) in [5.74, 6) is -0.0225. The minimum absolute atomic E-state index is 0.0225. The Morgan fingerprint density at radius 2 is 0.561 bits per heavy atom. The Morgan fingerprint density at radius 1 is 0.351 bits per heavy atom. The average molecular weight is 806 g/mol. The molecular formula is C53H107NO3. The number of aliphatic hydroxyl groups excluding tert-OH is 2. The highest BCUT2D eigenvalue weighted by molar-refractivity contribution is 5.76. The fraction of sp³-hybridized carbons (Fsp3) is 0.981. The molecule has 0 saturated heterocycles. The van der Waals surface area contributed by atoms with Crippen molar-refractivity contribution in [3.63, 3.8) is 0 Å². The van der Waals surface area contributed by atoms with Crippen LogP contribution in [-0.2, 0) is 4.79 Å². The lowest BCUT2D eigenvalue weighted by atomic mass is 10.0. The van der Waals surface area contributed by atoms with Crippen molar-refractivity contribution in [3.05, 3.63) is 0 Å². The molecule has 0 heterocycles. The number of aliphatic hydroxyl groups is 2. The van der Waals surface area contributed by atoms with Crippen LogP contribution in [0.15, 0.2) is 0 Å². The van der Waals surface area contributed by atoms with Crippen LogP contribution in [0.1, 0.15) is 316 Å². The molecule has 0 aromatic rings. The molecule has 0 aromatic carbocycles. The monoisotopic (exact) mass is 806 g/mol. The van der Waals surface area contributed by atoms with E-state index in [2.05, 4.69) is 19.2 Å². The minimum atomic E-state index is -0.654. The van der Waals surface area contributed by atoms with Gasteiger partial charge in [0.25, 0.3) is 0 Å². The number of carbonyl (C=O) groups excluding carboxylic acids is 1.